The van der Waals surface area contributed by atoms with Crippen LogP contribution in [0.4, 0.5) is 10.5 Å². The largest absolute Gasteiger partial charge is 0.506 e. The molecule has 3 rings (SSSR count). The van der Waals surface area contributed by atoms with Crippen LogP contribution in [0.15, 0.2) is 35.7 Å². The number of aromatic nitrogens is 1. The predicted octanol–water partition coefficient (Wildman–Crippen LogP) is 5.64. The van der Waals surface area contributed by atoms with Gasteiger partial charge in [0, 0.05) is 63.3 Å². The van der Waals surface area contributed by atoms with Gasteiger partial charge in [-0.1, -0.05) is 47.1 Å². The molecule has 0 spiro atoms. The summed E-state index contributed by atoms with van der Waals surface area (Å²) in [5, 5.41) is 26.6. The molecule has 21 heteroatoms. The highest BCUT2D eigenvalue weighted by Crippen LogP contribution is 2.32. The van der Waals surface area contributed by atoms with Crippen LogP contribution >= 0.6 is 11.3 Å². The third-order valence-corrected chi connectivity index (χ3v) is 14.1. The van der Waals surface area contributed by atoms with Gasteiger partial charge in [-0.3, -0.25) is 43.3 Å². The number of alkyl carbamates (subject to hydrolysis) is 1. The number of carbonyl (C=O) groups excluding carboxylic acids is 9. The lowest BCUT2D eigenvalue weighted by Crippen LogP contribution is -2.60. The van der Waals surface area contributed by atoms with Crippen LogP contribution in [0, 0.1) is 23.7 Å². The molecule has 1 unspecified atom stereocenters. The average Bonchev–Trinajstić information content (AvgIpc) is 3.93. The Hall–Kier alpha value is -6.22. The second-order valence-electron chi connectivity index (χ2n) is 21.2. The van der Waals surface area contributed by atoms with E-state index < -0.39 is 71.1 Å². The molecule has 0 saturated carbocycles. The fourth-order valence-corrected chi connectivity index (χ4v) is 8.88. The Morgan fingerprint density at radius 3 is 2.11 bits per heavy atom. The number of nitrogens with one attached hydrogen (secondary N) is 5. The average molecular weight is 1050 g/mol. The topological polar surface area (TPSA) is 272 Å². The van der Waals surface area contributed by atoms with Crippen LogP contribution in [0.25, 0.3) is 0 Å². The van der Waals surface area contributed by atoms with Crippen molar-refractivity contribution in [3.63, 3.8) is 0 Å². The molecule has 1 aliphatic carbocycles. The van der Waals surface area contributed by atoms with E-state index in [-0.39, 0.29) is 110 Å². The van der Waals surface area contributed by atoms with Crippen LogP contribution in [0.5, 0.6) is 5.75 Å². The first kappa shape index (κ1) is 62.1. The molecule has 1 heterocycles. The molecule has 0 fully saturated rings. The van der Waals surface area contributed by atoms with Crippen molar-refractivity contribution in [2.45, 2.75) is 156 Å². The van der Waals surface area contributed by atoms with E-state index >= 15 is 0 Å². The summed E-state index contributed by atoms with van der Waals surface area (Å²) in [6.07, 6.45) is 2.29. The number of nitrogens with zero attached hydrogens (tertiary/aromatic N) is 3. The summed E-state index contributed by atoms with van der Waals surface area (Å²) < 4.78 is 11.1. The Morgan fingerprint density at radius 2 is 1.53 bits per heavy atom. The van der Waals surface area contributed by atoms with E-state index in [1.807, 2.05) is 27.7 Å². The predicted molar refractivity (Wildman–Crippen MR) is 281 cm³/mol. The minimum Gasteiger partial charge on any atom is -0.506 e. The maximum absolute atomic E-state index is 14.3. The molecule has 1 aromatic carbocycles. The minimum absolute atomic E-state index is 0.00139. The maximum atomic E-state index is 14.3. The van der Waals surface area contributed by atoms with Crippen molar-refractivity contribution in [2.75, 3.05) is 39.5 Å². The Bertz CT molecular complexity index is 2340. The molecule has 410 valence electrons. The number of phenols is 1. The molecule has 74 heavy (non-hydrogen) atoms. The first-order valence-corrected chi connectivity index (χ1v) is 26.1. The van der Waals surface area contributed by atoms with E-state index in [1.54, 1.807) is 84.6 Å². The zero-order valence-electron chi connectivity index (χ0n) is 45.6. The normalized spacial score (nSPS) is 15.4. The molecule has 20 nitrogen and oxygen atoms in total. The first-order valence-electron chi connectivity index (χ1n) is 25.3. The van der Waals surface area contributed by atoms with Gasteiger partial charge in [0.25, 0.3) is 5.91 Å². The van der Waals surface area contributed by atoms with Gasteiger partial charge in [0.2, 0.25) is 23.6 Å². The van der Waals surface area contributed by atoms with Crippen LogP contribution in [0.1, 0.15) is 142 Å². The second-order valence-corrected chi connectivity index (χ2v) is 22.1. The molecule has 6 amide bonds. The van der Waals surface area contributed by atoms with E-state index in [2.05, 4.69) is 31.6 Å². The Morgan fingerprint density at radius 1 is 0.892 bits per heavy atom. The summed E-state index contributed by atoms with van der Waals surface area (Å²) in [4.78, 5) is 125. The molecule has 1 aromatic heterocycles. The van der Waals surface area contributed by atoms with E-state index in [0.717, 1.165) is 11.3 Å². The quantitative estimate of drug-likeness (QED) is 0.0274. The lowest BCUT2D eigenvalue weighted by atomic mass is 9.92. The van der Waals surface area contributed by atoms with E-state index in [4.69, 9.17) is 9.47 Å². The number of anilines is 1. The molecular weight excluding hydrogens is 973 g/mol. The monoisotopic (exact) mass is 1050 g/mol. The summed E-state index contributed by atoms with van der Waals surface area (Å²) in [6.45, 7) is 19.6. The van der Waals surface area contributed by atoms with Crippen molar-refractivity contribution >= 4 is 70.2 Å². The summed E-state index contributed by atoms with van der Waals surface area (Å²) >= 11 is 1.10. The van der Waals surface area contributed by atoms with Crippen LogP contribution in [-0.2, 0) is 49.5 Å². The molecule has 1 aliphatic rings. The van der Waals surface area contributed by atoms with Crippen LogP contribution in [-0.4, -0.2) is 137 Å². The van der Waals surface area contributed by atoms with Crippen molar-refractivity contribution in [2.24, 2.45) is 23.7 Å². The number of rotatable bonds is 27. The summed E-state index contributed by atoms with van der Waals surface area (Å²) in [5.74, 6) is -5.25. The van der Waals surface area contributed by atoms with E-state index in [1.165, 1.54) is 30.5 Å². The minimum atomic E-state index is -0.967. The third-order valence-electron chi connectivity index (χ3n) is 13.2. The van der Waals surface area contributed by atoms with Crippen molar-refractivity contribution in [3.8, 4) is 5.75 Å². The van der Waals surface area contributed by atoms with Crippen molar-refractivity contribution in [3.05, 3.63) is 52.0 Å². The molecule has 0 bridgehead atoms. The van der Waals surface area contributed by atoms with Gasteiger partial charge in [0.15, 0.2) is 17.7 Å². The number of amides is 6. The van der Waals surface area contributed by atoms with Gasteiger partial charge >= 0.3 is 12.1 Å². The second kappa shape index (κ2) is 27.9. The molecule has 0 aliphatic heterocycles. The van der Waals surface area contributed by atoms with E-state index in [0.29, 0.717) is 17.0 Å². The highest BCUT2D eigenvalue weighted by molar-refractivity contribution is 7.09. The Kier molecular flexibility index (Phi) is 23.4. The zero-order chi connectivity index (χ0) is 55.8. The van der Waals surface area contributed by atoms with Crippen LogP contribution in [0.2, 0.25) is 0 Å². The summed E-state index contributed by atoms with van der Waals surface area (Å²) in [6, 6.07) is 2.48. The highest BCUT2D eigenvalue weighted by atomic mass is 32.1. The lowest BCUT2D eigenvalue weighted by Gasteiger charge is -2.38. The molecule has 6 atom stereocenters. The van der Waals surface area contributed by atoms with Gasteiger partial charge in [-0.15, -0.1) is 11.3 Å². The summed E-state index contributed by atoms with van der Waals surface area (Å²) in [5.41, 5.74) is -0.926. The van der Waals surface area contributed by atoms with Crippen molar-refractivity contribution in [1.29, 1.82) is 0 Å². The van der Waals surface area contributed by atoms with Gasteiger partial charge < -0.3 is 46.1 Å². The highest BCUT2D eigenvalue weighted by Gasteiger charge is 2.39. The maximum Gasteiger partial charge on any atom is 0.407 e. The number of hydrogen-bond donors (Lipinski definition) is 6. The molecule has 0 saturated heterocycles. The smallest absolute Gasteiger partial charge is 0.407 e. The number of esters is 1. The Balaban J connectivity index is 1.87. The number of benzene rings is 1. The zero-order valence-corrected chi connectivity index (χ0v) is 46.5. The number of hydrogen-bond acceptors (Lipinski definition) is 15. The van der Waals surface area contributed by atoms with Gasteiger partial charge in [0.1, 0.15) is 28.1 Å². The molecule has 2 aromatic rings. The van der Waals surface area contributed by atoms with E-state index in [9.17, 15) is 48.3 Å². The number of aromatic hydroxyl groups is 1. The Labute approximate surface area is 439 Å². The molecule has 6 N–H and O–H groups in total. The van der Waals surface area contributed by atoms with Crippen molar-refractivity contribution in [1.82, 2.24) is 36.1 Å². The number of ether oxygens (including phenoxy) is 2. The van der Waals surface area contributed by atoms with Crippen molar-refractivity contribution < 1.29 is 57.7 Å². The molecular formula is C53H80N8O12S. The summed E-state index contributed by atoms with van der Waals surface area (Å²) in [7, 11) is 5.24. The SMILES string of the molecule is CC[C@H](C)[C@H](NC(=O)C(C)(C)N(C)C)C(=O)N(C)[C@H](C[C@@H](OC(C)=O)c1nc(C(=O)N[C@@H](Cc2ccc(O)c(NC(=O)CCCC3C(=O)C=CC3=O)c2)CC(C)C(=O)NCCNC(=O)OC(C)(C)C)cs1)C(C)C. The third kappa shape index (κ3) is 18.9. The number of phenolic OH excluding ortho intramolecular Hbond substituents is 1. The lowest BCUT2D eigenvalue weighted by molar-refractivity contribution is -0.149. The number of allylic oxidation sites excluding steroid dienone is 2. The van der Waals surface area contributed by atoms with Gasteiger partial charge in [0.05, 0.1) is 17.1 Å². The number of likely N-dealkylation sites (N-methyl/N-ethyl adjacent to an activating group) is 2. The fraction of sp³-hybridized carbons (Fsp3) is 0.623. The van der Waals surface area contributed by atoms with Crippen LogP contribution < -0.4 is 26.6 Å². The standard InChI is InChI=1S/C53H80N8O12S/c1-15-31(4)45(59-50(70)53(10,11)60(12)13)49(69)61(14)39(30(2)3)28-43(72-33(6)62)48-58-38(29-74-48)47(68)56-35(25-32(5)46(67)54-23-24-55-51(71)73-52(7,8)9)26-34-19-20-42(65)37(27-34)57-44(66)18-16-17-36-40(63)21-22-41(36)64/h19-22,27,29-32,35-36,39,43,45,65H,15-18,23-26,28H2,1-14H3,(H,54,67)(H,55,71)(H,56,68)(H,57,66)(H,59,70)/t31-,32?,35+,39+,43+,45-/m0/s1. The number of carbonyl (C=O) groups is 9. The first-order chi connectivity index (χ1) is 34.4. The number of thiazole rings is 1. The fourth-order valence-electron chi connectivity index (χ4n) is 8.04. The number of ketones is 2. The molecule has 0 radical (unpaired) electrons. The van der Waals surface area contributed by atoms with Gasteiger partial charge in [-0.25, -0.2) is 9.78 Å². The van der Waals surface area contributed by atoms with Gasteiger partial charge in [-0.05, 0) is 116 Å². The van der Waals surface area contributed by atoms with Gasteiger partial charge in [-0.2, -0.15) is 0 Å². The van der Waals surface area contributed by atoms with Crippen LogP contribution in [0.3, 0.4) is 0 Å².